The Morgan fingerprint density at radius 3 is 2.56 bits per heavy atom. The third-order valence-corrected chi connectivity index (χ3v) is 5.33. The summed E-state index contributed by atoms with van der Waals surface area (Å²) in [4.78, 5) is 21.1. The van der Waals surface area contributed by atoms with Crippen molar-refractivity contribution in [2.75, 3.05) is 26.2 Å². The minimum atomic E-state index is 0.175. The molecule has 2 heterocycles. The van der Waals surface area contributed by atoms with E-state index in [9.17, 15) is 4.79 Å². The molecular formula is C19H21Cl2N3O. The largest absolute Gasteiger partial charge is 0.340 e. The van der Waals surface area contributed by atoms with Gasteiger partial charge in [0.05, 0.1) is 15.7 Å². The minimum Gasteiger partial charge on any atom is -0.340 e. The number of piperazine rings is 1. The van der Waals surface area contributed by atoms with Gasteiger partial charge >= 0.3 is 0 Å². The number of hydrogen-bond acceptors (Lipinski definition) is 3. The second kappa shape index (κ2) is 8.65. The number of pyridine rings is 1. The number of rotatable bonds is 5. The van der Waals surface area contributed by atoms with Crippen LogP contribution >= 0.6 is 23.2 Å². The van der Waals surface area contributed by atoms with Gasteiger partial charge < -0.3 is 4.90 Å². The van der Waals surface area contributed by atoms with Gasteiger partial charge in [0.25, 0.3) is 0 Å². The molecule has 1 aliphatic rings. The highest BCUT2D eigenvalue weighted by molar-refractivity contribution is 6.42. The second-order valence-corrected chi connectivity index (χ2v) is 6.98. The highest BCUT2D eigenvalue weighted by Gasteiger charge is 2.21. The Morgan fingerprint density at radius 1 is 1.04 bits per heavy atom. The van der Waals surface area contributed by atoms with Crippen molar-refractivity contribution >= 4 is 29.1 Å². The Morgan fingerprint density at radius 2 is 1.84 bits per heavy atom. The zero-order chi connectivity index (χ0) is 17.6. The van der Waals surface area contributed by atoms with Gasteiger partial charge in [-0.05, 0) is 30.2 Å². The number of carbonyl (C=O) groups excluding carboxylic acids is 1. The molecule has 1 fully saturated rings. The molecule has 4 nitrogen and oxygen atoms in total. The minimum absolute atomic E-state index is 0.175. The van der Waals surface area contributed by atoms with E-state index in [1.807, 2.05) is 41.4 Å². The first kappa shape index (κ1) is 18.2. The molecule has 0 aliphatic carbocycles. The molecule has 1 amide bonds. The van der Waals surface area contributed by atoms with Crippen molar-refractivity contribution in [1.29, 1.82) is 0 Å². The summed E-state index contributed by atoms with van der Waals surface area (Å²) in [5.41, 5.74) is 1.99. The fourth-order valence-electron chi connectivity index (χ4n) is 3.02. The SMILES string of the molecule is O=C(CCc1cccc(Cl)c1Cl)N1CCN(Cc2ccccn2)CC1. The van der Waals surface area contributed by atoms with Crippen molar-refractivity contribution in [2.45, 2.75) is 19.4 Å². The first-order chi connectivity index (χ1) is 12.1. The molecule has 0 saturated carbocycles. The molecule has 1 aromatic carbocycles. The summed E-state index contributed by atoms with van der Waals surface area (Å²) >= 11 is 12.2. The zero-order valence-corrected chi connectivity index (χ0v) is 15.5. The number of hydrogen-bond donors (Lipinski definition) is 0. The highest BCUT2D eigenvalue weighted by atomic mass is 35.5. The molecule has 0 N–H and O–H groups in total. The van der Waals surface area contributed by atoms with Crippen molar-refractivity contribution < 1.29 is 4.79 Å². The smallest absolute Gasteiger partial charge is 0.222 e. The summed E-state index contributed by atoms with van der Waals surface area (Å²) in [6, 6.07) is 11.5. The Bertz CT molecular complexity index is 716. The molecule has 1 aromatic heterocycles. The van der Waals surface area contributed by atoms with E-state index in [1.165, 1.54) is 0 Å². The molecule has 1 aliphatic heterocycles. The number of halogens is 2. The van der Waals surface area contributed by atoms with E-state index in [2.05, 4.69) is 9.88 Å². The average molecular weight is 378 g/mol. The molecule has 0 radical (unpaired) electrons. The van der Waals surface area contributed by atoms with E-state index >= 15 is 0 Å². The summed E-state index contributed by atoms with van der Waals surface area (Å²) < 4.78 is 0. The van der Waals surface area contributed by atoms with Crippen LogP contribution in [0.2, 0.25) is 10.0 Å². The summed E-state index contributed by atoms with van der Waals surface area (Å²) in [5, 5.41) is 1.09. The number of amides is 1. The van der Waals surface area contributed by atoms with Gasteiger partial charge in [-0.15, -0.1) is 0 Å². The molecule has 0 unspecified atom stereocenters. The maximum atomic E-state index is 12.5. The van der Waals surface area contributed by atoms with E-state index in [0.717, 1.165) is 44.0 Å². The molecule has 0 atom stereocenters. The standard InChI is InChI=1S/C19H21Cl2N3O/c20-17-6-3-4-15(19(17)21)7-8-18(25)24-12-10-23(11-13-24)14-16-5-1-2-9-22-16/h1-6,9H,7-8,10-14H2. The zero-order valence-electron chi connectivity index (χ0n) is 14.0. The summed E-state index contributed by atoms with van der Waals surface area (Å²) in [6.45, 7) is 4.10. The highest BCUT2D eigenvalue weighted by Crippen LogP contribution is 2.26. The Kier molecular flexibility index (Phi) is 6.29. The second-order valence-electron chi connectivity index (χ2n) is 6.19. The number of nitrogens with zero attached hydrogens (tertiary/aromatic N) is 3. The Balaban J connectivity index is 1.46. The molecular weight excluding hydrogens is 357 g/mol. The van der Waals surface area contributed by atoms with Gasteiger partial charge in [-0.2, -0.15) is 0 Å². The molecule has 3 rings (SSSR count). The Labute approximate surface area is 158 Å². The van der Waals surface area contributed by atoms with Crippen LogP contribution in [-0.4, -0.2) is 46.9 Å². The van der Waals surface area contributed by atoms with Crippen LogP contribution in [0.25, 0.3) is 0 Å². The van der Waals surface area contributed by atoms with Crippen molar-refractivity contribution in [3.8, 4) is 0 Å². The van der Waals surface area contributed by atoms with Crippen LogP contribution in [0.1, 0.15) is 17.7 Å². The first-order valence-electron chi connectivity index (χ1n) is 8.46. The molecule has 1 saturated heterocycles. The fourth-order valence-corrected chi connectivity index (χ4v) is 3.43. The van der Waals surface area contributed by atoms with Crippen molar-refractivity contribution in [3.63, 3.8) is 0 Å². The molecule has 0 bridgehead atoms. The van der Waals surface area contributed by atoms with E-state index in [-0.39, 0.29) is 5.91 Å². The predicted molar refractivity (Wildman–Crippen MR) is 101 cm³/mol. The fraction of sp³-hybridized carbons (Fsp3) is 0.368. The normalized spacial score (nSPS) is 15.4. The van der Waals surface area contributed by atoms with Gasteiger partial charge in [0.15, 0.2) is 0 Å². The van der Waals surface area contributed by atoms with Crippen LogP contribution in [0.15, 0.2) is 42.6 Å². The Hall–Kier alpha value is -1.62. The van der Waals surface area contributed by atoms with Crippen LogP contribution in [0.5, 0.6) is 0 Å². The van der Waals surface area contributed by atoms with Crippen LogP contribution in [0.4, 0.5) is 0 Å². The van der Waals surface area contributed by atoms with Crippen molar-refractivity contribution in [3.05, 3.63) is 63.9 Å². The number of aryl methyl sites for hydroxylation is 1. The third kappa shape index (κ3) is 4.94. The topological polar surface area (TPSA) is 36.4 Å². The van der Waals surface area contributed by atoms with E-state index in [1.54, 1.807) is 6.07 Å². The molecule has 25 heavy (non-hydrogen) atoms. The van der Waals surface area contributed by atoms with Gasteiger partial charge in [0.2, 0.25) is 5.91 Å². The van der Waals surface area contributed by atoms with Crippen LogP contribution < -0.4 is 0 Å². The monoisotopic (exact) mass is 377 g/mol. The van der Waals surface area contributed by atoms with E-state index < -0.39 is 0 Å². The van der Waals surface area contributed by atoms with Gasteiger partial charge in [-0.25, -0.2) is 0 Å². The molecule has 132 valence electrons. The average Bonchev–Trinajstić information content (AvgIpc) is 2.64. The lowest BCUT2D eigenvalue weighted by Crippen LogP contribution is -2.48. The molecule has 0 spiro atoms. The van der Waals surface area contributed by atoms with Crippen LogP contribution in [-0.2, 0) is 17.8 Å². The molecule has 2 aromatic rings. The summed E-state index contributed by atoms with van der Waals surface area (Å²) in [5.74, 6) is 0.175. The molecule has 6 heteroatoms. The lowest BCUT2D eigenvalue weighted by atomic mass is 10.1. The maximum absolute atomic E-state index is 12.5. The summed E-state index contributed by atoms with van der Waals surface area (Å²) in [7, 11) is 0. The first-order valence-corrected chi connectivity index (χ1v) is 9.22. The van der Waals surface area contributed by atoms with E-state index in [0.29, 0.717) is 22.9 Å². The predicted octanol–water partition coefficient (Wildman–Crippen LogP) is 3.67. The lowest BCUT2D eigenvalue weighted by molar-refractivity contribution is -0.133. The van der Waals surface area contributed by atoms with Crippen molar-refractivity contribution in [2.24, 2.45) is 0 Å². The van der Waals surface area contributed by atoms with Gasteiger partial charge in [0, 0.05) is 45.3 Å². The van der Waals surface area contributed by atoms with Crippen molar-refractivity contribution in [1.82, 2.24) is 14.8 Å². The lowest BCUT2D eigenvalue weighted by Gasteiger charge is -2.34. The number of carbonyl (C=O) groups is 1. The van der Waals surface area contributed by atoms with Gasteiger partial charge in [0.1, 0.15) is 0 Å². The number of aromatic nitrogens is 1. The summed E-state index contributed by atoms with van der Waals surface area (Å²) in [6.07, 6.45) is 2.89. The van der Waals surface area contributed by atoms with Crippen LogP contribution in [0.3, 0.4) is 0 Å². The van der Waals surface area contributed by atoms with Gasteiger partial charge in [-0.1, -0.05) is 41.4 Å². The third-order valence-electron chi connectivity index (χ3n) is 4.48. The van der Waals surface area contributed by atoms with Gasteiger partial charge in [-0.3, -0.25) is 14.7 Å². The maximum Gasteiger partial charge on any atom is 0.222 e. The number of benzene rings is 1. The quantitative estimate of drug-likeness (QED) is 0.797. The van der Waals surface area contributed by atoms with E-state index in [4.69, 9.17) is 23.2 Å². The van der Waals surface area contributed by atoms with Crippen LogP contribution in [0, 0.1) is 0 Å².